The molecule has 3 rings (SSSR count). The van der Waals surface area contributed by atoms with Gasteiger partial charge in [-0.05, 0) is 30.7 Å². The number of thiocarbonyl (C=S) groups is 1. The van der Waals surface area contributed by atoms with E-state index in [1.807, 2.05) is 61.5 Å². The summed E-state index contributed by atoms with van der Waals surface area (Å²) in [5.74, 6) is -0.0283. The van der Waals surface area contributed by atoms with Crippen LogP contribution >= 0.6 is 24.0 Å². The third kappa shape index (κ3) is 2.80. The van der Waals surface area contributed by atoms with Gasteiger partial charge in [0, 0.05) is 5.69 Å². The molecule has 1 fully saturated rings. The van der Waals surface area contributed by atoms with Gasteiger partial charge in [0.1, 0.15) is 4.32 Å². The maximum Gasteiger partial charge on any atom is 0.266 e. The molecule has 1 saturated heterocycles. The zero-order valence-corrected chi connectivity index (χ0v) is 13.1. The number of anilines is 2. The highest BCUT2D eigenvalue weighted by Gasteiger charge is 2.38. The lowest BCUT2D eigenvalue weighted by atomic mass is 10.2. The molecule has 0 bridgehead atoms. The largest absolute Gasteiger partial charge is 0.365 e. The molecule has 2 aromatic carbocycles. The van der Waals surface area contributed by atoms with Gasteiger partial charge in [0.25, 0.3) is 5.91 Å². The second-order valence-electron chi connectivity index (χ2n) is 4.73. The highest BCUT2D eigenvalue weighted by molar-refractivity contribution is 8.25. The van der Waals surface area contributed by atoms with Crippen molar-refractivity contribution >= 4 is 45.6 Å². The Morgan fingerprint density at radius 2 is 1.76 bits per heavy atom. The second kappa shape index (κ2) is 5.87. The third-order valence-corrected chi connectivity index (χ3v) is 4.70. The van der Waals surface area contributed by atoms with Gasteiger partial charge in [0.2, 0.25) is 0 Å². The number of aryl methyl sites for hydroxylation is 1. The van der Waals surface area contributed by atoms with Crippen LogP contribution in [-0.4, -0.2) is 15.6 Å². The summed E-state index contributed by atoms with van der Waals surface area (Å²) >= 11 is 6.73. The van der Waals surface area contributed by atoms with E-state index in [9.17, 15) is 4.79 Å². The Hall–Kier alpha value is -1.85. The Balaban J connectivity index is 1.83. The Morgan fingerprint density at radius 1 is 1.10 bits per heavy atom. The summed E-state index contributed by atoms with van der Waals surface area (Å²) in [5, 5.41) is 2.90. The molecule has 0 radical (unpaired) electrons. The first-order chi connectivity index (χ1) is 10.2. The van der Waals surface area contributed by atoms with Gasteiger partial charge in [-0.2, -0.15) is 0 Å². The smallest absolute Gasteiger partial charge is 0.266 e. The highest BCUT2D eigenvalue weighted by Crippen LogP contribution is 2.33. The standard InChI is InChI=1S/C16H14N2OS2/c1-11-7-5-6-10-13(11)17-14-15(19)18(16(20)21-14)12-8-3-2-4-9-12/h2-10,14,17H,1H3/t14-/m1/s1. The fourth-order valence-electron chi connectivity index (χ4n) is 2.19. The molecule has 0 saturated carbocycles. The molecule has 0 aliphatic carbocycles. The van der Waals surface area contributed by atoms with Crippen LogP contribution in [0.3, 0.4) is 0 Å². The Kier molecular flexibility index (Phi) is 3.94. The number of nitrogens with one attached hydrogen (secondary N) is 1. The second-order valence-corrected chi connectivity index (χ2v) is 6.47. The Labute approximate surface area is 133 Å². The first-order valence-electron chi connectivity index (χ1n) is 6.58. The van der Waals surface area contributed by atoms with Crippen molar-refractivity contribution in [1.29, 1.82) is 0 Å². The van der Waals surface area contributed by atoms with Crippen LogP contribution in [0, 0.1) is 6.92 Å². The quantitative estimate of drug-likeness (QED) is 0.874. The summed E-state index contributed by atoms with van der Waals surface area (Å²) in [6.07, 6.45) is 0. The van der Waals surface area contributed by atoms with Crippen LogP contribution in [0.1, 0.15) is 5.56 Å². The Morgan fingerprint density at radius 3 is 2.48 bits per heavy atom. The molecular weight excluding hydrogens is 300 g/mol. The van der Waals surface area contributed by atoms with Gasteiger partial charge in [-0.3, -0.25) is 9.69 Å². The molecule has 1 aliphatic heterocycles. The van der Waals surface area contributed by atoms with Crippen LogP contribution in [0.25, 0.3) is 0 Å². The number of para-hydroxylation sites is 2. The lowest BCUT2D eigenvalue weighted by Crippen LogP contribution is -2.34. The first kappa shape index (κ1) is 14.1. The van der Waals surface area contributed by atoms with Crippen molar-refractivity contribution in [3.8, 4) is 0 Å². The lowest BCUT2D eigenvalue weighted by molar-refractivity contribution is -0.116. The number of nitrogens with zero attached hydrogens (tertiary/aromatic N) is 1. The normalized spacial score (nSPS) is 18.1. The molecule has 0 unspecified atom stereocenters. The van der Waals surface area contributed by atoms with Crippen LogP contribution in [0.5, 0.6) is 0 Å². The minimum Gasteiger partial charge on any atom is -0.365 e. The summed E-state index contributed by atoms with van der Waals surface area (Å²) in [5.41, 5.74) is 2.88. The fraction of sp³-hybridized carbons (Fsp3) is 0.125. The molecule has 1 atom stereocenters. The monoisotopic (exact) mass is 314 g/mol. The van der Waals surface area contributed by atoms with E-state index < -0.39 is 0 Å². The molecular formula is C16H14N2OS2. The van der Waals surface area contributed by atoms with Gasteiger partial charge < -0.3 is 5.32 Å². The molecule has 0 spiro atoms. The van der Waals surface area contributed by atoms with Crippen molar-refractivity contribution in [2.45, 2.75) is 12.3 Å². The van der Waals surface area contributed by atoms with Crippen molar-refractivity contribution in [1.82, 2.24) is 0 Å². The summed E-state index contributed by atoms with van der Waals surface area (Å²) in [7, 11) is 0. The van der Waals surface area contributed by atoms with E-state index in [1.54, 1.807) is 4.90 Å². The average Bonchev–Trinajstić information content (AvgIpc) is 2.77. The van der Waals surface area contributed by atoms with E-state index in [1.165, 1.54) is 11.8 Å². The average molecular weight is 314 g/mol. The molecule has 5 heteroatoms. The molecule has 3 nitrogen and oxygen atoms in total. The van der Waals surface area contributed by atoms with Crippen LogP contribution in [0.4, 0.5) is 11.4 Å². The number of hydrogen-bond acceptors (Lipinski definition) is 4. The molecule has 1 aliphatic rings. The number of carbonyl (C=O) groups excluding carboxylic acids is 1. The molecule has 2 aromatic rings. The number of hydrogen-bond donors (Lipinski definition) is 1. The molecule has 21 heavy (non-hydrogen) atoms. The molecule has 1 heterocycles. The van der Waals surface area contributed by atoms with Gasteiger partial charge in [0.05, 0.1) is 5.69 Å². The predicted octanol–water partition coefficient (Wildman–Crippen LogP) is 3.80. The Bertz CT molecular complexity index is 688. The highest BCUT2D eigenvalue weighted by atomic mass is 32.2. The van der Waals surface area contributed by atoms with E-state index in [0.717, 1.165) is 16.9 Å². The summed E-state index contributed by atoms with van der Waals surface area (Å²) < 4.78 is 0.581. The maximum atomic E-state index is 12.6. The van der Waals surface area contributed by atoms with E-state index >= 15 is 0 Å². The third-order valence-electron chi connectivity index (χ3n) is 3.29. The lowest BCUT2D eigenvalue weighted by Gasteiger charge is -2.16. The summed E-state index contributed by atoms with van der Waals surface area (Å²) in [6.45, 7) is 2.01. The molecule has 1 amide bonds. The molecule has 0 aromatic heterocycles. The summed E-state index contributed by atoms with van der Waals surface area (Å²) in [4.78, 5) is 14.2. The van der Waals surface area contributed by atoms with Crippen molar-refractivity contribution < 1.29 is 4.79 Å². The number of benzene rings is 2. The number of rotatable bonds is 3. The summed E-state index contributed by atoms with van der Waals surface area (Å²) in [6, 6.07) is 17.4. The minimum atomic E-state index is -0.376. The first-order valence-corrected chi connectivity index (χ1v) is 7.87. The van der Waals surface area contributed by atoms with Crippen LogP contribution < -0.4 is 10.2 Å². The minimum absolute atomic E-state index is 0.0283. The topological polar surface area (TPSA) is 32.3 Å². The van der Waals surface area contributed by atoms with Gasteiger partial charge in [0.15, 0.2) is 5.37 Å². The molecule has 1 N–H and O–H groups in total. The van der Waals surface area contributed by atoms with E-state index in [-0.39, 0.29) is 11.3 Å². The zero-order chi connectivity index (χ0) is 14.8. The van der Waals surface area contributed by atoms with Crippen LogP contribution in [0.15, 0.2) is 54.6 Å². The van der Waals surface area contributed by atoms with Gasteiger partial charge in [-0.25, -0.2) is 0 Å². The van der Waals surface area contributed by atoms with Crippen molar-refractivity contribution in [2.24, 2.45) is 0 Å². The SMILES string of the molecule is Cc1ccccc1N[C@@H]1SC(=S)N(c2ccccc2)C1=O. The fourth-order valence-corrected chi connectivity index (χ4v) is 3.57. The van der Waals surface area contributed by atoms with Gasteiger partial charge in [-0.1, -0.05) is 60.4 Å². The number of amides is 1. The molecule has 106 valence electrons. The number of carbonyl (C=O) groups is 1. The zero-order valence-electron chi connectivity index (χ0n) is 11.4. The number of thioether (sulfide) groups is 1. The van der Waals surface area contributed by atoms with Crippen LogP contribution in [-0.2, 0) is 4.79 Å². The predicted molar refractivity (Wildman–Crippen MR) is 92.7 cm³/mol. The van der Waals surface area contributed by atoms with Crippen LogP contribution in [0.2, 0.25) is 0 Å². The van der Waals surface area contributed by atoms with Gasteiger partial charge in [-0.15, -0.1) is 0 Å². The maximum absolute atomic E-state index is 12.6. The van der Waals surface area contributed by atoms with E-state index in [4.69, 9.17) is 12.2 Å². The van der Waals surface area contributed by atoms with Crippen molar-refractivity contribution in [3.05, 3.63) is 60.2 Å². The van der Waals surface area contributed by atoms with E-state index in [0.29, 0.717) is 4.32 Å². The van der Waals surface area contributed by atoms with Crippen molar-refractivity contribution in [2.75, 3.05) is 10.2 Å². The van der Waals surface area contributed by atoms with E-state index in [2.05, 4.69) is 5.32 Å². The van der Waals surface area contributed by atoms with Gasteiger partial charge >= 0.3 is 0 Å². The van der Waals surface area contributed by atoms with Crippen molar-refractivity contribution in [3.63, 3.8) is 0 Å².